The molecule has 1 heterocycles. The summed E-state index contributed by atoms with van der Waals surface area (Å²) >= 11 is 3.56. The molecule has 96 valence electrons. The van der Waals surface area contributed by atoms with Gasteiger partial charge in [0.1, 0.15) is 0 Å². The molecular formula is C14H18BrN3. The molecule has 0 aliphatic rings. The van der Waals surface area contributed by atoms with Crippen LogP contribution in [0.4, 0.5) is 0 Å². The lowest BCUT2D eigenvalue weighted by Crippen LogP contribution is -2.06. The lowest BCUT2D eigenvalue weighted by molar-refractivity contribution is 0.766. The normalized spacial score (nSPS) is 13.0. The molecule has 1 atom stereocenters. The van der Waals surface area contributed by atoms with Gasteiger partial charge in [-0.25, -0.2) is 4.68 Å². The second-order valence-electron chi connectivity index (χ2n) is 4.83. The van der Waals surface area contributed by atoms with Gasteiger partial charge in [0, 0.05) is 16.7 Å². The summed E-state index contributed by atoms with van der Waals surface area (Å²) < 4.78 is 2.92. The quantitative estimate of drug-likeness (QED) is 0.938. The van der Waals surface area contributed by atoms with E-state index in [1.54, 1.807) is 0 Å². The number of nitrogens with zero attached hydrogens (tertiary/aromatic N) is 2. The Balaban J connectivity index is 2.36. The van der Waals surface area contributed by atoms with Crippen molar-refractivity contribution in [2.45, 2.75) is 32.7 Å². The summed E-state index contributed by atoms with van der Waals surface area (Å²) in [6.07, 6.45) is 1.99. The molecule has 1 unspecified atom stereocenters. The van der Waals surface area contributed by atoms with Gasteiger partial charge in [-0.05, 0) is 36.6 Å². The highest BCUT2D eigenvalue weighted by atomic mass is 79.9. The zero-order valence-electron chi connectivity index (χ0n) is 10.9. The zero-order chi connectivity index (χ0) is 13.3. The van der Waals surface area contributed by atoms with Gasteiger partial charge >= 0.3 is 0 Å². The standard InChI is InChI=1S/C14H18BrN3/c1-9(2)14-6-7-18(17-14)11-4-5-12(10(3)16)13(15)8-11/h4-10H,16H2,1-3H3. The highest BCUT2D eigenvalue weighted by Gasteiger charge is 2.08. The number of hydrogen-bond acceptors (Lipinski definition) is 2. The highest BCUT2D eigenvalue weighted by molar-refractivity contribution is 9.10. The van der Waals surface area contributed by atoms with Crippen LogP contribution >= 0.6 is 15.9 Å². The van der Waals surface area contributed by atoms with E-state index in [1.165, 1.54) is 0 Å². The first-order chi connectivity index (χ1) is 8.49. The fourth-order valence-corrected chi connectivity index (χ4v) is 2.55. The van der Waals surface area contributed by atoms with Gasteiger partial charge < -0.3 is 5.73 Å². The maximum atomic E-state index is 5.89. The largest absolute Gasteiger partial charge is 0.324 e. The first-order valence-electron chi connectivity index (χ1n) is 6.10. The van der Waals surface area contributed by atoms with Gasteiger partial charge in [-0.3, -0.25) is 0 Å². The molecule has 2 rings (SSSR count). The summed E-state index contributed by atoms with van der Waals surface area (Å²) in [5, 5.41) is 4.56. The van der Waals surface area contributed by atoms with Crippen LogP contribution in [-0.4, -0.2) is 9.78 Å². The van der Waals surface area contributed by atoms with E-state index in [4.69, 9.17) is 5.73 Å². The van der Waals surface area contributed by atoms with Crippen LogP contribution in [0, 0.1) is 0 Å². The van der Waals surface area contributed by atoms with Crippen LogP contribution in [0.1, 0.15) is 44.0 Å². The molecule has 0 aliphatic carbocycles. The molecule has 0 bridgehead atoms. The Morgan fingerprint density at radius 3 is 2.44 bits per heavy atom. The van der Waals surface area contributed by atoms with E-state index in [0.717, 1.165) is 21.4 Å². The number of aromatic nitrogens is 2. The molecule has 2 N–H and O–H groups in total. The van der Waals surface area contributed by atoms with Crippen molar-refractivity contribution in [1.29, 1.82) is 0 Å². The summed E-state index contributed by atoms with van der Waals surface area (Å²) in [5.41, 5.74) is 9.14. The molecule has 0 radical (unpaired) electrons. The van der Waals surface area contributed by atoms with E-state index in [0.29, 0.717) is 5.92 Å². The van der Waals surface area contributed by atoms with Crippen LogP contribution in [0.2, 0.25) is 0 Å². The van der Waals surface area contributed by atoms with Gasteiger partial charge in [0.05, 0.1) is 11.4 Å². The van der Waals surface area contributed by atoms with Gasteiger partial charge in [-0.15, -0.1) is 0 Å². The van der Waals surface area contributed by atoms with Gasteiger partial charge in [0.25, 0.3) is 0 Å². The van der Waals surface area contributed by atoms with Gasteiger partial charge in [-0.1, -0.05) is 35.8 Å². The van der Waals surface area contributed by atoms with Crippen LogP contribution < -0.4 is 5.73 Å². The minimum Gasteiger partial charge on any atom is -0.324 e. The van der Waals surface area contributed by atoms with E-state index in [2.05, 4.69) is 47.0 Å². The monoisotopic (exact) mass is 307 g/mol. The van der Waals surface area contributed by atoms with Crippen molar-refractivity contribution in [2.75, 3.05) is 0 Å². The van der Waals surface area contributed by atoms with Gasteiger partial charge in [0.2, 0.25) is 0 Å². The Bertz CT molecular complexity index is 544. The smallest absolute Gasteiger partial charge is 0.0657 e. The molecule has 18 heavy (non-hydrogen) atoms. The van der Waals surface area contributed by atoms with Gasteiger partial charge in [-0.2, -0.15) is 5.10 Å². The maximum absolute atomic E-state index is 5.89. The summed E-state index contributed by atoms with van der Waals surface area (Å²) in [6, 6.07) is 8.21. The van der Waals surface area contributed by atoms with E-state index in [9.17, 15) is 0 Å². The average molecular weight is 308 g/mol. The number of benzene rings is 1. The second-order valence-corrected chi connectivity index (χ2v) is 5.69. The van der Waals surface area contributed by atoms with E-state index < -0.39 is 0 Å². The van der Waals surface area contributed by atoms with E-state index in [1.807, 2.05) is 29.9 Å². The van der Waals surface area contributed by atoms with Crippen LogP contribution in [0.5, 0.6) is 0 Å². The summed E-state index contributed by atoms with van der Waals surface area (Å²) in [4.78, 5) is 0. The van der Waals surface area contributed by atoms with Crippen molar-refractivity contribution in [2.24, 2.45) is 5.73 Å². The lowest BCUT2D eigenvalue weighted by atomic mass is 10.1. The third-order valence-corrected chi connectivity index (χ3v) is 3.63. The molecule has 0 amide bonds. The van der Waals surface area contributed by atoms with E-state index in [-0.39, 0.29) is 6.04 Å². The molecule has 0 aliphatic heterocycles. The molecule has 0 fully saturated rings. The fourth-order valence-electron chi connectivity index (χ4n) is 1.82. The predicted molar refractivity (Wildman–Crippen MR) is 78.0 cm³/mol. The molecule has 4 heteroatoms. The van der Waals surface area contributed by atoms with Crippen molar-refractivity contribution in [3.8, 4) is 5.69 Å². The third kappa shape index (κ3) is 2.65. The predicted octanol–water partition coefficient (Wildman–Crippen LogP) is 3.78. The molecule has 1 aromatic heterocycles. The molecule has 1 aromatic carbocycles. The molecule has 0 saturated heterocycles. The topological polar surface area (TPSA) is 43.8 Å². The van der Waals surface area contributed by atoms with Crippen molar-refractivity contribution >= 4 is 15.9 Å². The Morgan fingerprint density at radius 1 is 1.22 bits per heavy atom. The van der Waals surface area contributed by atoms with Crippen LogP contribution in [-0.2, 0) is 0 Å². The van der Waals surface area contributed by atoms with E-state index >= 15 is 0 Å². The fraction of sp³-hybridized carbons (Fsp3) is 0.357. The minimum atomic E-state index is 0.0253. The van der Waals surface area contributed by atoms with Crippen LogP contribution in [0.15, 0.2) is 34.9 Å². The van der Waals surface area contributed by atoms with Gasteiger partial charge in [0.15, 0.2) is 0 Å². The van der Waals surface area contributed by atoms with Crippen molar-refractivity contribution in [3.05, 3.63) is 46.2 Å². The molecule has 0 spiro atoms. The van der Waals surface area contributed by atoms with Crippen molar-refractivity contribution in [1.82, 2.24) is 9.78 Å². The SMILES string of the molecule is CC(C)c1ccn(-c2ccc(C(C)N)c(Br)c2)n1. The third-order valence-electron chi connectivity index (χ3n) is 2.94. The Kier molecular flexibility index (Phi) is 3.88. The lowest BCUT2D eigenvalue weighted by Gasteiger charge is -2.10. The van der Waals surface area contributed by atoms with Crippen LogP contribution in [0.25, 0.3) is 5.69 Å². The molecular weight excluding hydrogens is 290 g/mol. The first-order valence-corrected chi connectivity index (χ1v) is 6.89. The minimum absolute atomic E-state index is 0.0253. The first kappa shape index (κ1) is 13.3. The van der Waals surface area contributed by atoms with Crippen molar-refractivity contribution in [3.63, 3.8) is 0 Å². The maximum Gasteiger partial charge on any atom is 0.0657 e. The molecule has 2 aromatic rings. The summed E-state index contributed by atoms with van der Waals surface area (Å²) in [6.45, 7) is 6.26. The second kappa shape index (κ2) is 5.24. The number of halogens is 1. The zero-order valence-corrected chi connectivity index (χ0v) is 12.5. The average Bonchev–Trinajstić information content (AvgIpc) is 2.77. The Labute approximate surface area is 116 Å². The summed E-state index contributed by atoms with van der Waals surface area (Å²) in [7, 11) is 0. The van der Waals surface area contributed by atoms with Crippen LogP contribution in [0.3, 0.4) is 0 Å². The van der Waals surface area contributed by atoms with Crippen molar-refractivity contribution < 1.29 is 0 Å². The Morgan fingerprint density at radius 2 is 1.94 bits per heavy atom. The number of hydrogen-bond donors (Lipinski definition) is 1. The highest BCUT2D eigenvalue weighted by Crippen LogP contribution is 2.25. The Hall–Kier alpha value is -1.13. The summed E-state index contributed by atoms with van der Waals surface area (Å²) in [5.74, 6) is 0.443. The molecule has 3 nitrogen and oxygen atoms in total. The number of rotatable bonds is 3. The number of nitrogens with two attached hydrogens (primary N) is 1. The molecule has 0 saturated carbocycles.